The first kappa shape index (κ1) is 16.2. The van der Waals surface area contributed by atoms with E-state index < -0.39 is 7.82 Å². The fourth-order valence-electron chi connectivity index (χ4n) is 0. The summed E-state index contributed by atoms with van der Waals surface area (Å²) in [5, 5.41) is 0. The molecule has 0 aliphatic carbocycles. The van der Waals surface area contributed by atoms with Crippen LogP contribution in [0.1, 0.15) is 0 Å². The van der Waals surface area contributed by atoms with Crippen LogP contribution in [-0.4, -0.2) is 0 Å². The van der Waals surface area contributed by atoms with Crippen molar-refractivity contribution in [1.82, 2.24) is 0 Å². The van der Waals surface area contributed by atoms with Crippen molar-refractivity contribution in [2.24, 2.45) is 0 Å². The first-order chi connectivity index (χ1) is 2.00. The predicted molar refractivity (Wildman–Crippen MR) is 7.61 cm³/mol. The van der Waals surface area contributed by atoms with Gasteiger partial charge in [0.1, 0.15) is 0 Å². The Labute approximate surface area is 99.6 Å². The zero-order chi connectivity index (χ0) is 4.50. The maximum atomic E-state index is 8.55. The molecular formula is NiO4PRb. The van der Waals surface area contributed by atoms with Gasteiger partial charge in [-0.1, -0.05) is 0 Å². The summed E-state index contributed by atoms with van der Waals surface area (Å²) in [4.78, 5) is 25.6. The second-order valence-electron chi connectivity index (χ2n) is 0.447. The first-order valence-corrected chi connectivity index (χ1v) is 2.19. The molecule has 0 aromatic rings. The third kappa shape index (κ3) is 59.5. The van der Waals surface area contributed by atoms with Crippen LogP contribution < -0.4 is 72.9 Å². The summed E-state index contributed by atoms with van der Waals surface area (Å²) in [6.45, 7) is 0. The molecule has 0 amide bonds. The Kier molecular flexibility index (Phi) is 15.1. The average Bonchev–Trinajstić information content (AvgIpc) is 0.722. The van der Waals surface area contributed by atoms with Gasteiger partial charge in [0.25, 0.3) is 0 Å². The maximum Gasteiger partial charge on any atom is 2.00 e. The molecule has 0 aromatic heterocycles. The van der Waals surface area contributed by atoms with Crippen LogP contribution in [-0.2, 0) is 21.1 Å². The summed E-state index contributed by atoms with van der Waals surface area (Å²) < 4.78 is 8.55. The third-order valence-corrected chi connectivity index (χ3v) is 0. The Bertz CT molecular complexity index is 57.8. The minimum Gasteiger partial charge on any atom is -0.822 e. The van der Waals surface area contributed by atoms with Gasteiger partial charge in [0.05, 0.1) is 0 Å². The van der Waals surface area contributed by atoms with Crippen LogP contribution in [0.2, 0.25) is 0 Å². The number of phosphoric acid groups is 1. The third-order valence-electron chi connectivity index (χ3n) is 0. The molecule has 7 heteroatoms. The molecule has 40 valence electrons. The molecule has 0 heterocycles. The monoisotopic (exact) mass is 238 g/mol. The Morgan fingerprint density at radius 1 is 1.14 bits per heavy atom. The van der Waals surface area contributed by atoms with Crippen molar-refractivity contribution >= 4 is 7.82 Å². The molecule has 0 spiro atoms. The first-order valence-electron chi connectivity index (χ1n) is 0.730. The molecule has 0 unspecified atom stereocenters. The average molecular weight is 239 g/mol. The molecule has 0 bridgehead atoms. The van der Waals surface area contributed by atoms with Crippen molar-refractivity contribution < 1.29 is 93.9 Å². The quantitative estimate of drug-likeness (QED) is 0.311. The molecule has 0 fully saturated rings. The second kappa shape index (κ2) is 6.53. The van der Waals surface area contributed by atoms with Gasteiger partial charge >= 0.3 is 74.7 Å². The topological polar surface area (TPSA) is 86.2 Å². The van der Waals surface area contributed by atoms with E-state index >= 15 is 0 Å². The van der Waals surface area contributed by atoms with E-state index in [0.717, 1.165) is 0 Å². The van der Waals surface area contributed by atoms with E-state index in [0.29, 0.717) is 0 Å². The van der Waals surface area contributed by atoms with Crippen LogP contribution in [0.3, 0.4) is 0 Å². The van der Waals surface area contributed by atoms with Crippen molar-refractivity contribution in [3.05, 3.63) is 0 Å². The van der Waals surface area contributed by atoms with Crippen molar-refractivity contribution in [3.63, 3.8) is 0 Å². The molecule has 0 atom stereocenters. The van der Waals surface area contributed by atoms with E-state index in [9.17, 15) is 0 Å². The molecule has 4 nitrogen and oxygen atoms in total. The zero-order valence-electron chi connectivity index (χ0n) is 3.40. The number of hydrogen-bond donors (Lipinski definition) is 0. The van der Waals surface area contributed by atoms with Crippen LogP contribution in [0.5, 0.6) is 0 Å². The SMILES string of the molecule is O=P([O-])([O-])[O-].[Ni+2].[Rb+]. The van der Waals surface area contributed by atoms with Gasteiger partial charge in [0, 0.05) is 0 Å². The van der Waals surface area contributed by atoms with Crippen molar-refractivity contribution in [2.45, 2.75) is 0 Å². The van der Waals surface area contributed by atoms with E-state index in [2.05, 4.69) is 0 Å². The van der Waals surface area contributed by atoms with Gasteiger partial charge in [-0.25, -0.2) is 0 Å². The zero-order valence-corrected chi connectivity index (χ0v) is 10.2. The van der Waals surface area contributed by atoms with E-state index in [1.54, 1.807) is 0 Å². The Morgan fingerprint density at radius 3 is 1.14 bits per heavy atom. The van der Waals surface area contributed by atoms with Crippen molar-refractivity contribution in [2.75, 3.05) is 0 Å². The largest absolute Gasteiger partial charge is 2.00 e. The van der Waals surface area contributed by atoms with Crippen LogP contribution in [0, 0.1) is 0 Å². The molecule has 0 saturated carbocycles. The second-order valence-corrected chi connectivity index (χ2v) is 1.34. The van der Waals surface area contributed by atoms with Gasteiger partial charge in [-0.2, -0.15) is 7.82 Å². The molecule has 0 N–H and O–H groups in total. The molecule has 0 radical (unpaired) electrons. The summed E-state index contributed by atoms with van der Waals surface area (Å²) in [5.74, 6) is 0. The van der Waals surface area contributed by atoms with Gasteiger partial charge in [-0.15, -0.1) is 0 Å². The maximum absolute atomic E-state index is 8.55. The molecular weight excluding hydrogens is 239 g/mol. The summed E-state index contributed by atoms with van der Waals surface area (Å²) in [6, 6.07) is 0. The molecule has 0 rings (SSSR count). The summed E-state index contributed by atoms with van der Waals surface area (Å²) in [5.41, 5.74) is 0. The normalized spacial score (nSPS) is 8.43. The molecule has 0 aliphatic rings. The smallest absolute Gasteiger partial charge is 0.822 e. The molecule has 0 saturated heterocycles. The van der Waals surface area contributed by atoms with E-state index in [4.69, 9.17) is 19.2 Å². The van der Waals surface area contributed by atoms with Crippen LogP contribution in [0.4, 0.5) is 0 Å². The van der Waals surface area contributed by atoms with Gasteiger partial charge < -0.3 is 19.2 Å². The minimum absolute atomic E-state index is 0. The Morgan fingerprint density at radius 2 is 1.14 bits per heavy atom. The van der Waals surface area contributed by atoms with E-state index in [1.165, 1.54) is 0 Å². The predicted octanol–water partition coefficient (Wildman–Crippen LogP) is -5.82. The van der Waals surface area contributed by atoms with E-state index in [1.807, 2.05) is 0 Å². The molecule has 0 aromatic carbocycles. The summed E-state index contributed by atoms with van der Waals surface area (Å²) >= 11 is 0. The van der Waals surface area contributed by atoms with E-state index in [-0.39, 0.29) is 74.7 Å². The minimum atomic E-state index is -5.39. The number of rotatable bonds is 0. The van der Waals surface area contributed by atoms with Crippen molar-refractivity contribution in [1.29, 1.82) is 0 Å². The van der Waals surface area contributed by atoms with Gasteiger partial charge in [0.15, 0.2) is 0 Å². The molecule has 0 aliphatic heterocycles. The van der Waals surface area contributed by atoms with Gasteiger partial charge in [-0.05, 0) is 0 Å². The van der Waals surface area contributed by atoms with Crippen LogP contribution in [0.15, 0.2) is 0 Å². The standard InChI is InChI=1S/Ni.H3O4P.Rb/c;1-5(2,3)4;/h;(H3,1,2,3,4);/q+2;;+1/p-3. The molecule has 7 heavy (non-hydrogen) atoms. The fraction of sp³-hybridized carbons (Fsp3) is 0. The Balaban J connectivity index is -0.0000000800. The van der Waals surface area contributed by atoms with Gasteiger partial charge in [0.2, 0.25) is 0 Å². The van der Waals surface area contributed by atoms with Crippen molar-refractivity contribution in [3.8, 4) is 0 Å². The van der Waals surface area contributed by atoms with Crippen LogP contribution >= 0.6 is 7.82 Å². The van der Waals surface area contributed by atoms with Gasteiger partial charge in [-0.3, -0.25) is 0 Å². The Hall–Kier alpha value is 2.41. The summed E-state index contributed by atoms with van der Waals surface area (Å²) in [6.07, 6.45) is 0. The summed E-state index contributed by atoms with van der Waals surface area (Å²) in [7, 11) is -5.39. The van der Waals surface area contributed by atoms with Crippen LogP contribution in [0.25, 0.3) is 0 Å². The fourth-order valence-corrected chi connectivity index (χ4v) is 0. The number of hydrogen-bond acceptors (Lipinski definition) is 4.